The zero-order valence-corrected chi connectivity index (χ0v) is 13.9. The SMILES string of the molecule is C[SiH](C)OC1CCCN1C(=O)OCc1ccc([N+](=O)[O-])cc1. The molecule has 1 heterocycles. The number of ether oxygens (including phenoxy) is 1. The van der Waals surface area contributed by atoms with Gasteiger partial charge < -0.3 is 9.16 Å². The van der Waals surface area contributed by atoms with Crippen molar-refractivity contribution < 1.29 is 18.9 Å². The molecule has 0 aliphatic carbocycles. The van der Waals surface area contributed by atoms with Crippen LogP contribution < -0.4 is 0 Å². The fraction of sp³-hybridized carbons (Fsp3) is 0.500. The molecule has 0 radical (unpaired) electrons. The van der Waals surface area contributed by atoms with Crippen molar-refractivity contribution in [3.63, 3.8) is 0 Å². The highest BCUT2D eigenvalue weighted by atomic mass is 28.3. The number of likely N-dealkylation sites (tertiary alicyclic amines) is 1. The number of benzene rings is 1. The lowest BCUT2D eigenvalue weighted by Gasteiger charge is -2.25. The van der Waals surface area contributed by atoms with Gasteiger partial charge in [-0.2, -0.15) is 0 Å². The Bertz CT molecular complexity index is 535. The second kappa shape index (κ2) is 7.37. The van der Waals surface area contributed by atoms with Gasteiger partial charge in [-0.15, -0.1) is 0 Å². The summed E-state index contributed by atoms with van der Waals surface area (Å²) in [5.41, 5.74) is 0.735. The minimum atomic E-state index is -1.21. The normalized spacial score (nSPS) is 17.8. The third kappa shape index (κ3) is 4.28. The Hall–Kier alpha value is -1.93. The van der Waals surface area contributed by atoms with Crippen LogP contribution in [-0.2, 0) is 15.8 Å². The average molecular weight is 324 g/mol. The maximum absolute atomic E-state index is 12.1. The summed E-state index contributed by atoms with van der Waals surface area (Å²) in [6.45, 7) is 4.88. The van der Waals surface area contributed by atoms with Gasteiger partial charge in [0.2, 0.25) is 0 Å². The van der Waals surface area contributed by atoms with E-state index in [9.17, 15) is 14.9 Å². The molecular weight excluding hydrogens is 304 g/mol. The Morgan fingerprint density at radius 3 is 2.68 bits per heavy atom. The van der Waals surface area contributed by atoms with Crippen LogP contribution in [-0.4, -0.2) is 37.7 Å². The fourth-order valence-corrected chi connectivity index (χ4v) is 3.25. The van der Waals surface area contributed by atoms with E-state index in [1.807, 2.05) is 0 Å². The van der Waals surface area contributed by atoms with Crippen molar-refractivity contribution in [2.45, 2.75) is 38.8 Å². The number of rotatable bonds is 5. The van der Waals surface area contributed by atoms with Gasteiger partial charge in [-0.25, -0.2) is 4.79 Å². The number of nitro groups is 1. The number of nitrogens with zero attached hydrogens (tertiary/aromatic N) is 2. The van der Waals surface area contributed by atoms with Crippen molar-refractivity contribution in [1.29, 1.82) is 0 Å². The maximum Gasteiger partial charge on any atom is 0.412 e. The van der Waals surface area contributed by atoms with Gasteiger partial charge in [0.15, 0.2) is 9.04 Å². The summed E-state index contributed by atoms with van der Waals surface area (Å²) in [5.74, 6) is 0. The number of amides is 1. The zero-order chi connectivity index (χ0) is 16.1. The molecule has 1 aliphatic heterocycles. The maximum atomic E-state index is 12.1. The summed E-state index contributed by atoms with van der Waals surface area (Å²) >= 11 is 0. The third-order valence-corrected chi connectivity index (χ3v) is 4.23. The van der Waals surface area contributed by atoms with Gasteiger partial charge in [0, 0.05) is 18.7 Å². The van der Waals surface area contributed by atoms with Crippen LogP contribution in [0.5, 0.6) is 0 Å². The van der Waals surface area contributed by atoms with Crippen LogP contribution in [0.25, 0.3) is 0 Å². The zero-order valence-electron chi connectivity index (χ0n) is 12.7. The Kier molecular flexibility index (Phi) is 5.50. The molecule has 1 fully saturated rings. The number of non-ortho nitro benzene ring substituents is 1. The molecule has 0 N–H and O–H groups in total. The summed E-state index contributed by atoms with van der Waals surface area (Å²) in [6, 6.07) is 5.97. The van der Waals surface area contributed by atoms with Gasteiger partial charge in [-0.3, -0.25) is 15.0 Å². The van der Waals surface area contributed by atoms with Crippen LogP contribution in [0.3, 0.4) is 0 Å². The van der Waals surface area contributed by atoms with Crippen molar-refractivity contribution in [1.82, 2.24) is 4.90 Å². The van der Waals surface area contributed by atoms with Gasteiger partial charge in [0.05, 0.1) is 4.92 Å². The molecule has 22 heavy (non-hydrogen) atoms. The van der Waals surface area contributed by atoms with E-state index >= 15 is 0 Å². The number of hydrogen-bond acceptors (Lipinski definition) is 5. The standard InChI is InChI=1S/C14H20N2O5Si/c1-22(2)21-13-4-3-9-15(13)14(17)20-10-11-5-7-12(8-6-11)16(18)19/h5-8,13,22H,3-4,9-10H2,1-2H3. The van der Waals surface area contributed by atoms with Crippen molar-refractivity contribution >= 4 is 20.8 Å². The van der Waals surface area contributed by atoms with Crippen molar-refractivity contribution in [3.8, 4) is 0 Å². The summed E-state index contributed by atoms with van der Waals surface area (Å²) in [4.78, 5) is 23.9. The van der Waals surface area contributed by atoms with Gasteiger partial charge in [-0.1, -0.05) is 0 Å². The predicted molar refractivity (Wildman–Crippen MR) is 83.0 cm³/mol. The monoisotopic (exact) mass is 324 g/mol. The second-order valence-electron chi connectivity index (χ2n) is 5.45. The summed E-state index contributed by atoms with van der Waals surface area (Å²) < 4.78 is 11.1. The molecule has 1 aromatic carbocycles. The molecule has 7 nitrogen and oxygen atoms in total. The molecule has 1 aliphatic rings. The number of carbonyl (C=O) groups excluding carboxylic acids is 1. The van der Waals surface area contributed by atoms with E-state index in [-0.39, 0.29) is 18.5 Å². The first-order chi connectivity index (χ1) is 10.5. The van der Waals surface area contributed by atoms with E-state index in [1.54, 1.807) is 17.0 Å². The van der Waals surface area contributed by atoms with E-state index in [0.717, 1.165) is 12.8 Å². The Labute approximate surface area is 130 Å². The molecule has 1 unspecified atom stereocenters. The molecule has 120 valence electrons. The lowest BCUT2D eigenvalue weighted by Crippen LogP contribution is -2.39. The van der Waals surface area contributed by atoms with Crippen LogP contribution in [0.4, 0.5) is 10.5 Å². The summed E-state index contributed by atoms with van der Waals surface area (Å²) in [7, 11) is -1.21. The average Bonchev–Trinajstić information content (AvgIpc) is 2.92. The van der Waals surface area contributed by atoms with Crippen molar-refractivity contribution in [3.05, 3.63) is 39.9 Å². The van der Waals surface area contributed by atoms with Gasteiger partial charge >= 0.3 is 6.09 Å². The highest BCUT2D eigenvalue weighted by Crippen LogP contribution is 2.21. The van der Waals surface area contributed by atoms with E-state index in [2.05, 4.69) is 13.1 Å². The van der Waals surface area contributed by atoms with Crippen molar-refractivity contribution in [2.24, 2.45) is 0 Å². The molecular formula is C14H20N2O5Si. The number of nitro benzene ring substituents is 1. The highest BCUT2D eigenvalue weighted by Gasteiger charge is 2.31. The van der Waals surface area contributed by atoms with Crippen LogP contribution in [0.1, 0.15) is 18.4 Å². The van der Waals surface area contributed by atoms with Gasteiger partial charge in [0.1, 0.15) is 12.8 Å². The Morgan fingerprint density at radius 2 is 2.09 bits per heavy atom. The van der Waals surface area contributed by atoms with Gasteiger partial charge in [0.25, 0.3) is 5.69 Å². The molecule has 8 heteroatoms. The van der Waals surface area contributed by atoms with Gasteiger partial charge in [-0.05, 0) is 43.6 Å². The molecule has 0 bridgehead atoms. The predicted octanol–water partition coefficient (Wildman–Crippen LogP) is 2.65. The quantitative estimate of drug-likeness (QED) is 0.472. The minimum absolute atomic E-state index is 0.0185. The molecule has 1 atom stereocenters. The second-order valence-corrected chi connectivity index (χ2v) is 7.82. The lowest BCUT2D eigenvalue weighted by atomic mass is 10.2. The number of carbonyl (C=O) groups is 1. The third-order valence-electron chi connectivity index (χ3n) is 3.37. The first kappa shape index (κ1) is 16.4. The fourth-order valence-electron chi connectivity index (χ4n) is 2.34. The van der Waals surface area contributed by atoms with E-state index < -0.39 is 20.1 Å². The Balaban J connectivity index is 1.87. The summed E-state index contributed by atoms with van der Waals surface area (Å²) in [6.07, 6.45) is 1.20. The molecule has 0 aromatic heterocycles. The van der Waals surface area contributed by atoms with Crippen LogP contribution >= 0.6 is 0 Å². The molecule has 1 saturated heterocycles. The first-order valence-corrected chi connectivity index (χ1v) is 10.1. The number of hydrogen-bond donors (Lipinski definition) is 0. The van der Waals surface area contributed by atoms with Crippen LogP contribution in [0.15, 0.2) is 24.3 Å². The van der Waals surface area contributed by atoms with Crippen LogP contribution in [0.2, 0.25) is 13.1 Å². The minimum Gasteiger partial charge on any atom is -0.444 e. The molecule has 0 spiro atoms. The lowest BCUT2D eigenvalue weighted by molar-refractivity contribution is -0.384. The van der Waals surface area contributed by atoms with E-state index in [4.69, 9.17) is 9.16 Å². The highest BCUT2D eigenvalue weighted by molar-refractivity contribution is 6.48. The molecule has 2 rings (SSSR count). The van der Waals surface area contributed by atoms with E-state index in [1.165, 1.54) is 12.1 Å². The molecule has 0 saturated carbocycles. The van der Waals surface area contributed by atoms with E-state index in [0.29, 0.717) is 12.1 Å². The topological polar surface area (TPSA) is 81.9 Å². The van der Waals surface area contributed by atoms with Crippen LogP contribution in [0, 0.1) is 10.1 Å². The smallest absolute Gasteiger partial charge is 0.412 e. The first-order valence-electron chi connectivity index (χ1n) is 7.29. The largest absolute Gasteiger partial charge is 0.444 e. The Morgan fingerprint density at radius 1 is 1.41 bits per heavy atom. The van der Waals surface area contributed by atoms with Crippen molar-refractivity contribution in [2.75, 3.05) is 6.54 Å². The summed E-state index contributed by atoms with van der Waals surface area (Å²) in [5, 5.41) is 10.6. The molecule has 1 amide bonds. The molecule has 1 aromatic rings.